The van der Waals surface area contributed by atoms with E-state index in [-0.39, 0.29) is 5.78 Å². The zero-order valence-electron chi connectivity index (χ0n) is 12.2. The molecule has 2 aromatic rings. The second-order valence-corrected chi connectivity index (χ2v) is 6.86. The van der Waals surface area contributed by atoms with Gasteiger partial charge in [0.2, 0.25) is 5.78 Å². The van der Waals surface area contributed by atoms with Crippen LogP contribution >= 0.6 is 27.5 Å². The SMILES string of the molecule is C[C@H](Oc1ccc(Br)cc1Cl)C(=O)c1ccc2c(c1)CCC2. The van der Waals surface area contributed by atoms with Crippen LogP contribution in [0, 0.1) is 0 Å². The molecule has 0 bridgehead atoms. The van der Waals surface area contributed by atoms with E-state index in [0.717, 1.165) is 17.3 Å². The molecule has 0 radical (unpaired) electrons. The highest BCUT2D eigenvalue weighted by Gasteiger charge is 2.20. The average Bonchev–Trinajstić information content (AvgIpc) is 2.96. The van der Waals surface area contributed by atoms with Gasteiger partial charge in [0.05, 0.1) is 5.02 Å². The highest BCUT2D eigenvalue weighted by Crippen LogP contribution is 2.29. The molecule has 4 heteroatoms. The molecule has 0 spiro atoms. The second-order valence-electron chi connectivity index (χ2n) is 5.54. The summed E-state index contributed by atoms with van der Waals surface area (Å²) < 4.78 is 6.61. The minimum Gasteiger partial charge on any atom is -0.481 e. The molecular formula is C18H16BrClO2. The Morgan fingerprint density at radius 3 is 2.73 bits per heavy atom. The van der Waals surface area contributed by atoms with Crippen molar-refractivity contribution < 1.29 is 9.53 Å². The number of ketones is 1. The van der Waals surface area contributed by atoms with Gasteiger partial charge in [-0.1, -0.05) is 39.7 Å². The van der Waals surface area contributed by atoms with Crippen molar-refractivity contribution in [3.8, 4) is 5.75 Å². The third-order valence-corrected chi connectivity index (χ3v) is 4.74. The van der Waals surface area contributed by atoms with Crippen LogP contribution in [-0.2, 0) is 12.8 Å². The summed E-state index contributed by atoms with van der Waals surface area (Å²) in [7, 11) is 0. The van der Waals surface area contributed by atoms with Gasteiger partial charge in [-0.3, -0.25) is 4.79 Å². The summed E-state index contributed by atoms with van der Waals surface area (Å²) in [5.74, 6) is 0.501. The number of halogens is 2. The lowest BCUT2D eigenvalue weighted by Gasteiger charge is -2.15. The maximum atomic E-state index is 12.5. The number of Topliss-reactive ketones (excluding diaryl/α,β-unsaturated/α-hetero) is 1. The Hall–Kier alpha value is -1.32. The van der Waals surface area contributed by atoms with Crippen molar-refractivity contribution in [2.75, 3.05) is 0 Å². The molecule has 2 aromatic carbocycles. The van der Waals surface area contributed by atoms with Crippen molar-refractivity contribution in [3.63, 3.8) is 0 Å². The summed E-state index contributed by atoms with van der Waals surface area (Å²) >= 11 is 9.48. The van der Waals surface area contributed by atoms with Gasteiger partial charge in [-0.05, 0) is 61.6 Å². The van der Waals surface area contributed by atoms with Crippen LogP contribution < -0.4 is 4.74 Å². The van der Waals surface area contributed by atoms with Gasteiger partial charge in [-0.25, -0.2) is 0 Å². The van der Waals surface area contributed by atoms with Gasteiger partial charge in [-0.15, -0.1) is 0 Å². The summed E-state index contributed by atoms with van der Waals surface area (Å²) in [5.41, 5.74) is 3.36. The monoisotopic (exact) mass is 378 g/mol. The van der Waals surface area contributed by atoms with E-state index in [9.17, 15) is 4.79 Å². The maximum Gasteiger partial charge on any atom is 0.203 e. The standard InChI is InChI=1S/C18H16BrClO2/c1-11(22-17-8-7-15(19)10-16(17)20)18(21)14-6-5-12-3-2-4-13(12)9-14/h5-11H,2-4H2,1H3/t11-/m0/s1. The van der Waals surface area contributed by atoms with Crippen molar-refractivity contribution in [1.29, 1.82) is 0 Å². The van der Waals surface area contributed by atoms with Crippen molar-refractivity contribution in [2.45, 2.75) is 32.3 Å². The van der Waals surface area contributed by atoms with E-state index in [0.29, 0.717) is 16.3 Å². The Bertz CT molecular complexity index is 727. The van der Waals surface area contributed by atoms with Crippen LogP contribution in [0.15, 0.2) is 40.9 Å². The average molecular weight is 380 g/mol. The predicted molar refractivity (Wildman–Crippen MR) is 92.0 cm³/mol. The number of ether oxygens (including phenoxy) is 1. The number of carbonyl (C=O) groups excluding carboxylic acids is 1. The number of rotatable bonds is 4. The maximum absolute atomic E-state index is 12.5. The Kier molecular flexibility index (Phi) is 4.55. The van der Waals surface area contributed by atoms with Gasteiger partial charge in [0.1, 0.15) is 5.75 Å². The Morgan fingerprint density at radius 1 is 1.18 bits per heavy atom. The zero-order valence-corrected chi connectivity index (χ0v) is 14.6. The largest absolute Gasteiger partial charge is 0.481 e. The summed E-state index contributed by atoms with van der Waals surface area (Å²) in [6.07, 6.45) is 2.78. The van der Waals surface area contributed by atoms with Crippen LogP contribution in [0.25, 0.3) is 0 Å². The smallest absolute Gasteiger partial charge is 0.203 e. The minimum absolute atomic E-state index is 0.0197. The van der Waals surface area contributed by atoms with Crippen LogP contribution in [0.5, 0.6) is 5.75 Å². The number of carbonyl (C=O) groups is 1. The zero-order chi connectivity index (χ0) is 15.7. The van der Waals surface area contributed by atoms with Gasteiger partial charge in [0.25, 0.3) is 0 Å². The topological polar surface area (TPSA) is 26.3 Å². The first-order valence-corrected chi connectivity index (χ1v) is 8.49. The van der Waals surface area contributed by atoms with Crippen LogP contribution in [0.1, 0.15) is 34.8 Å². The van der Waals surface area contributed by atoms with E-state index in [2.05, 4.69) is 22.0 Å². The van der Waals surface area contributed by atoms with E-state index >= 15 is 0 Å². The summed E-state index contributed by atoms with van der Waals surface area (Å²) in [6, 6.07) is 11.3. The van der Waals surface area contributed by atoms with Crippen LogP contribution in [0.4, 0.5) is 0 Å². The molecule has 0 unspecified atom stereocenters. The van der Waals surface area contributed by atoms with Gasteiger partial charge in [0, 0.05) is 10.0 Å². The van der Waals surface area contributed by atoms with Crippen LogP contribution in [0.2, 0.25) is 5.02 Å². The summed E-state index contributed by atoms with van der Waals surface area (Å²) in [4.78, 5) is 12.5. The van der Waals surface area contributed by atoms with Gasteiger partial charge in [-0.2, -0.15) is 0 Å². The molecule has 1 aliphatic carbocycles. The Labute approximate surface area is 143 Å². The number of hydrogen-bond donors (Lipinski definition) is 0. The molecule has 0 saturated carbocycles. The molecule has 0 aromatic heterocycles. The van der Waals surface area contributed by atoms with Crippen LogP contribution in [0.3, 0.4) is 0 Å². The first-order valence-electron chi connectivity index (χ1n) is 7.32. The fraction of sp³-hybridized carbons (Fsp3) is 0.278. The molecule has 114 valence electrons. The quantitative estimate of drug-likeness (QED) is 0.679. The van der Waals surface area contributed by atoms with Crippen molar-refractivity contribution in [2.24, 2.45) is 0 Å². The molecule has 0 saturated heterocycles. The number of aryl methyl sites for hydroxylation is 2. The lowest BCUT2D eigenvalue weighted by Crippen LogP contribution is -2.24. The lowest BCUT2D eigenvalue weighted by atomic mass is 10.0. The second kappa shape index (κ2) is 6.43. The Balaban J connectivity index is 1.77. The highest BCUT2D eigenvalue weighted by atomic mass is 79.9. The molecule has 0 fully saturated rings. The molecule has 0 N–H and O–H groups in total. The molecular weight excluding hydrogens is 364 g/mol. The molecule has 1 aliphatic rings. The van der Waals surface area contributed by atoms with Gasteiger partial charge >= 0.3 is 0 Å². The molecule has 0 aliphatic heterocycles. The van der Waals surface area contributed by atoms with E-state index in [4.69, 9.17) is 16.3 Å². The van der Waals surface area contributed by atoms with E-state index < -0.39 is 6.10 Å². The normalized spacial score (nSPS) is 14.5. The molecule has 22 heavy (non-hydrogen) atoms. The molecule has 0 amide bonds. The van der Waals surface area contributed by atoms with Crippen molar-refractivity contribution in [3.05, 3.63) is 62.6 Å². The number of benzene rings is 2. The summed E-state index contributed by atoms with van der Waals surface area (Å²) in [5, 5.41) is 0.489. The van der Waals surface area contributed by atoms with E-state index in [1.165, 1.54) is 17.5 Å². The third kappa shape index (κ3) is 3.21. The fourth-order valence-corrected chi connectivity index (χ4v) is 3.49. The first-order chi connectivity index (χ1) is 10.5. The molecule has 2 nitrogen and oxygen atoms in total. The predicted octanol–water partition coefficient (Wildman–Crippen LogP) is 5.24. The molecule has 3 rings (SSSR count). The van der Waals surface area contributed by atoms with Crippen molar-refractivity contribution >= 4 is 33.3 Å². The van der Waals surface area contributed by atoms with Gasteiger partial charge < -0.3 is 4.74 Å². The van der Waals surface area contributed by atoms with E-state index in [1.807, 2.05) is 18.2 Å². The lowest BCUT2D eigenvalue weighted by molar-refractivity contribution is 0.0818. The van der Waals surface area contributed by atoms with E-state index in [1.54, 1.807) is 19.1 Å². The molecule has 1 atom stereocenters. The Morgan fingerprint density at radius 2 is 1.95 bits per heavy atom. The first kappa shape index (κ1) is 15.6. The number of fused-ring (bicyclic) bond motifs is 1. The van der Waals surface area contributed by atoms with Crippen molar-refractivity contribution in [1.82, 2.24) is 0 Å². The van der Waals surface area contributed by atoms with Gasteiger partial charge in [0.15, 0.2) is 6.10 Å². The summed E-state index contributed by atoms with van der Waals surface area (Å²) in [6.45, 7) is 1.76. The minimum atomic E-state index is -0.571. The van der Waals surface area contributed by atoms with Crippen LogP contribution in [-0.4, -0.2) is 11.9 Å². The number of hydrogen-bond acceptors (Lipinski definition) is 2. The molecule has 0 heterocycles. The fourth-order valence-electron chi connectivity index (χ4n) is 2.77. The highest BCUT2D eigenvalue weighted by molar-refractivity contribution is 9.10. The third-order valence-electron chi connectivity index (χ3n) is 3.95.